The molecule has 0 saturated carbocycles. The Hall–Kier alpha value is -2.29. The molecule has 0 spiro atoms. The minimum absolute atomic E-state index is 0.375. The summed E-state index contributed by atoms with van der Waals surface area (Å²) in [6, 6.07) is 14.4. The van der Waals surface area contributed by atoms with Crippen molar-refractivity contribution in [1.82, 2.24) is 0 Å². The number of anilines is 1. The summed E-state index contributed by atoms with van der Waals surface area (Å²) in [5.74, 6) is -0.708. The van der Waals surface area contributed by atoms with Crippen LogP contribution in [0.25, 0.3) is 11.1 Å². The Labute approximate surface area is 123 Å². The van der Waals surface area contributed by atoms with Gasteiger partial charge in [-0.15, -0.1) is 0 Å². The molecular weight excluding hydrogens is 262 g/mol. The molecule has 2 aromatic carbocycles. The summed E-state index contributed by atoms with van der Waals surface area (Å²) in [5.41, 5.74) is 6.28. The number of rotatable bonds is 2. The number of fused-ring (bicyclic) bond motifs is 3. The second-order valence-electron chi connectivity index (χ2n) is 5.83. The van der Waals surface area contributed by atoms with E-state index in [1.807, 2.05) is 6.07 Å². The zero-order valence-corrected chi connectivity index (χ0v) is 11.7. The number of carbonyl (C=O) groups is 1. The number of carboxylic acids is 1. The molecule has 0 aromatic heterocycles. The Kier molecular flexibility index (Phi) is 2.74. The molecule has 1 fully saturated rings. The van der Waals surface area contributed by atoms with Gasteiger partial charge in [-0.05, 0) is 41.2 Å². The van der Waals surface area contributed by atoms with Gasteiger partial charge in [0.2, 0.25) is 0 Å². The predicted octanol–water partition coefficient (Wildman–Crippen LogP) is 3.31. The molecule has 1 aliphatic heterocycles. The molecule has 21 heavy (non-hydrogen) atoms. The molecule has 0 radical (unpaired) electrons. The first kappa shape index (κ1) is 12.5. The fourth-order valence-electron chi connectivity index (χ4n) is 3.72. The summed E-state index contributed by atoms with van der Waals surface area (Å²) in [6.45, 7) is 0.837. The van der Waals surface area contributed by atoms with Gasteiger partial charge in [-0.2, -0.15) is 0 Å². The fourth-order valence-corrected chi connectivity index (χ4v) is 3.72. The molecule has 106 valence electrons. The smallest absolute Gasteiger partial charge is 0.326 e. The van der Waals surface area contributed by atoms with E-state index in [2.05, 4.69) is 41.3 Å². The fraction of sp³-hybridized carbons (Fsp3) is 0.278. The molecule has 2 aliphatic rings. The van der Waals surface area contributed by atoms with E-state index in [4.69, 9.17) is 0 Å². The van der Waals surface area contributed by atoms with Crippen molar-refractivity contribution in [2.24, 2.45) is 0 Å². The lowest BCUT2D eigenvalue weighted by Gasteiger charge is -2.26. The lowest BCUT2D eigenvalue weighted by atomic mass is 10.0. The van der Waals surface area contributed by atoms with Gasteiger partial charge >= 0.3 is 5.97 Å². The van der Waals surface area contributed by atoms with E-state index in [0.717, 1.165) is 31.5 Å². The van der Waals surface area contributed by atoms with E-state index < -0.39 is 5.97 Å². The molecule has 3 heteroatoms. The van der Waals surface area contributed by atoms with Crippen LogP contribution in [0.5, 0.6) is 0 Å². The van der Waals surface area contributed by atoms with Crippen LogP contribution in [0.3, 0.4) is 0 Å². The van der Waals surface area contributed by atoms with Crippen LogP contribution in [-0.2, 0) is 11.2 Å². The molecule has 0 bridgehead atoms. The molecule has 0 amide bonds. The standard InChI is InChI=1S/C18H17NO2/c20-18(21)17-9-4-10-19(17)16-8-3-7-14-13-6-2-1-5-12(13)11-15(14)16/h1-3,5-8,17H,4,9-11H2,(H,20,21)/t17-/m1/s1. The third kappa shape index (κ3) is 1.84. The Bertz CT molecular complexity index is 723. The van der Waals surface area contributed by atoms with Crippen molar-refractivity contribution in [2.75, 3.05) is 11.4 Å². The van der Waals surface area contributed by atoms with E-state index in [1.165, 1.54) is 22.3 Å². The van der Waals surface area contributed by atoms with Crippen LogP contribution >= 0.6 is 0 Å². The van der Waals surface area contributed by atoms with Crippen LogP contribution in [0.1, 0.15) is 24.0 Å². The quantitative estimate of drug-likeness (QED) is 0.782. The second-order valence-corrected chi connectivity index (χ2v) is 5.83. The molecule has 1 saturated heterocycles. The van der Waals surface area contributed by atoms with Crippen molar-refractivity contribution < 1.29 is 9.90 Å². The zero-order chi connectivity index (χ0) is 14.4. The minimum atomic E-state index is -0.708. The maximum Gasteiger partial charge on any atom is 0.326 e. The third-order valence-corrected chi connectivity index (χ3v) is 4.67. The van der Waals surface area contributed by atoms with E-state index in [9.17, 15) is 9.90 Å². The van der Waals surface area contributed by atoms with Crippen molar-refractivity contribution in [3.05, 3.63) is 53.6 Å². The van der Waals surface area contributed by atoms with E-state index >= 15 is 0 Å². The maximum absolute atomic E-state index is 11.5. The first-order valence-electron chi connectivity index (χ1n) is 7.45. The third-order valence-electron chi connectivity index (χ3n) is 4.67. The largest absolute Gasteiger partial charge is 0.480 e. The van der Waals surface area contributed by atoms with Crippen molar-refractivity contribution >= 4 is 11.7 Å². The normalized spacial score (nSPS) is 19.4. The van der Waals surface area contributed by atoms with E-state index in [-0.39, 0.29) is 6.04 Å². The second kappa shape index (κ2) is 4.62. The van der Waals surface area contributed by atoms with Crippen LogP contribution in [0.15, 0.2) is 42.5 Å². The summed E-state index contributed by atoms with van der Waals surface area (Å²) in [5, 5.41) is 9.43. The van der Waals surface area contributed by atoms with Gasteiger partial charge in [0.05, 0.1) is 0 Å². The molecule has 0 unspecified atom stereocenters. The lowest BCUT2D eigenvalue weighted by molar-refractivity contribution is -0.138. The molecule has 1 atom stereocenters. The Balaban J connectivity index is 1.81. The average Bonchev–Trinajstić information content (AvgIpc) is 3.11. The Morgan fingerprint density at radius 3 is 2.76 bits per heavy atom. The van der Waals surface area contributed by atoms with Gasteiger partial charge in [-0.3, -0.25) is 0 Å². The molecule has 1 aliphatic carbocycles. The van der Waals surface area contributed by atoms with Crippen LogP contribution in [0.4, 0.5) is 5.69 Å². The van der Waals surface area contributed by atoms with E-state index in [1.54, 1.807) is 0 Å². The summed E-state index contributed by atoms with van der Waals surface area (Å²) < 4.78 is 0. The van der Waals surface area contributed by atoms with Gasteiger partial charge in [-0.25, -0.2) is 4.79 Å². The van der Waals surface area contributed by atoms with Crippen LogP contribution in [0.2, 0.25) is 0 Å². The van der Waals surface area contributed by atoms with Gasteiger partial charge in [0.25, 0.3) is 0 Å². The highest BCUT2D eigenvalue weighted by Crippen LogP contribution is 2.42. The minimum Gasteiger partial charge on any atom is -0.480 e. The van der Waals surface area contributed by atoms with Gasteiger partial charge in [0, 0.05) is 18.7 Å². The van der Waals surface area contributed by atoms with Gasteiger partial charge < -0.3 is 10.0 Å². The summed E-state index contributed by atoms with van der Waals surface area (Å²) in [4.78, 5) is 13.5. The number of hydrogen-bond donors (Lipinski definition) is 1. The zero-order valence-electron chi connectivity index (χ0n) is 11.7. The van der Waals surface area contributed by atoms with Gasteiger partial charge in [-0.1, -0.05) is 36.4 Å². The van der Waals surface area contributed by atoms with Crippen LogP contribution < -0.4 is 4.90 Å². The topological polar surface area (TPSA) is 40.5 Å². The highest BCUT2D eigenvalue weighted by atomic mass is 16.4. The molecular formula is C18H17NO2. The van der Waals surface area contributed by atoms with Crippen LogP contribution in [0, 0.1) is 0 Å². The highest BCUT2D eigenvalue weighted by Gasteiger charge is 2.33. The first-order chi connectivity index (χ1) is 10.3. The summed E-state index contributed by atoms with van der Waals surface area (Å²) in [7, 11) is 0. The first-order valence-corrected chi connectivity index (χ1v) is 7.45. The SMILES string of the molecule is O=C(O)[C@H]1CCCN1c1cccc2c1Cc1ccccc1-2. The van der Waals surface area contributed by atoms with Crippen molar-refractivity contribution in [2.45, 2.75) is 25.3 Å². The molecule has 1 heterocycles. The van der Waals surface area contributed by atoms with Crippen molar-refractivity contribution in [1.29, 1.82) is 0 Å². The van der Waals surface area contributed by atoms with E-state index in [0.29, 0.717) is 0 Å². The van der Waals surface area contributed by atoms with Crippen LogP contribution in [-0.4, -0.2) is 23.7 Å². The maximum atomic E-state index is 11.5. The van der Waals surface area contributed by atoms with Gasteiger partial charge in [0.1, 0.15) is 6.04 Å². The van der Waals surface area contributed by atoms with Crippen molar-refractivity contribution in [3.8, 4) is 11.1 Å². The summed E-state index contributed by atoms with van der Waals surface area (Å²) >= 11 is 0. The Morgan fingerprint density at radius 1 is 1.10 bits per heavy atom. The lowest BCUT2D eigenvalue weighted by Crippen LogP contribution is -2.36. The van der Waals surface area contributed by atoms with Crippen molar-refractivity contribution in [3.63, 3.8) is 0 Å². The highest BCUT2D eigenvalue weighted by molar-refractivity contribution is 5.85. The summed E-state index contributed by atoms with van der Waals surface area (Å²) in [6.07, 6.45) is 2.60. The molecule has 4 rings (SSSR count). The number of carboxylic acid groups (broad SMARTS) is 1. The monoisotopic (exact) mass is 279 g/mol. The molecule has 1 N–H and O–H groups in total. The molecule has 3 nitrogen and oxygen atoms in total. The number of hydrogen-bond acceptors (Lipinski definition) is 2. The molecule has 2 aromatic rings. The van der Waals surface area contributed by atoms with Gasteiger partial charge in [0.15, 0.2) is 0 Å². The number of benzene rings is 2. The Morgan fingerprint density at radius 2 is 1.90 bits per heavy atom. The average molecular weight is 279 g/mol. The number of nitrogens with zero attached hydrogens (tertiary/aromatic N) is 1. The predicted molar refractivity (Wildman–Crippen MR) is 82.7 cm³/mol. The number of aliphatic carboxylic acids is 1.